The number of benzene rings is 1. The highest BCUT2D eigenvalue weighted by atomic mass is 16.2. The zero-order valence-corrected chi connectivity index (χ0v) is 11.0. The molecule has 1 heterocycles. The SMILES string of the molecule is C#CCN(C)C(=O)c1nn(-c2ccccc2)cc1C. The highest BCUT2D eigenvalue weighted by molar-refractivity contribution is 5.93. The van der Waals surface area contributed by atoms with Gasteiger partial charge in [0.1, 0.15) is 0 Å². The minimum Gasteiger partial charge on any atom is -0.329 e. The molecule has 96 valence electrons. The summed E-state index contributed by atoms with van der Waals surface area (Å²) in [4.78, 5) is 13.6. The Hall–Kier alpha value is -2.54. The second-order valence-corrected chi connectivity index (χ2v) is 4.31. The Bertz CT molecular complexity index is 623. The van der Waals surface area contributed by atoms with Gasteiger partial charge in [-0.3, -0.25) is 4.79 Å². The lowest BCUT2D eigenvalue weighted by molar-refractivity contribution is 0.0805. The Morgan fingerprint density at radius 2 is 2.11 bits per heavy atom. The van der Waals surface area contributed by atoms with E-state index in [0.29, 0.717) is 5.69 Å². The topological polar surface area (TPSA) is 38.1 Å². The van der Waals surface area contributed by atoms with Crippen LogP contribution < -0.4 is 0 Å². The molecule has 0 aliphatic carbocycles. The summed E-state index contributed by atoms with van der Waals surface area (Å²) >= 11 is 0. The molecule has 0 aliphatic rings. The van der Waals surface area contributed by atoms with E-state index in [1.807, 2.05) is 43.5 Å². The highest BCUT2D eigenvalue weighted by Gasteiger charge is 2.17. The van der Waals surface area contributed by atoms with E-state index >= 15 is 0 Å². The predicted molar refractivity (Wildman–Crippen MR) is 74.1 cm³/mol. The molecule has 1 amide bonds. The number of hydrogen-bond acceptors (Lipinski definition) is 2. The lowest BCUT2D eigenvalue weighted by Crippen LogP contribution is -2.28. The van der Waals surface area contributed by atoms with Gasteiger partial charge in [-0.25, -0.2) is 4.68 Å². The van der Waals surface area contributed by atoms with E-state index in [0.717, 1.165) is 11.3 Å². The molecular formula is C15H15N3O. The number of carbonyl (C=O) groups is 1. The maximum Gasteiger partial charge on any atom is 0.275 e. The lowest BCUT2D eigenvalue weighted by Gasteiger charge is -2.12. The number of hydrogen-bond donors (Lipinski definition) is 0. The van der Waals surface area contributed by atoms with Gasteiger partial charge < -0.3 is 4.90 Å². The van der Waals surface area contributed by atoms with E-state index in [9.17, 15) is 4.79 Å². The van der Waals surface area contributed by atoms with Crippen LogP contribution in [0.15, 0.2) is 36.5 Å². The average molecular weight is 253 g/mol. The van der Waals surface area contributed by atoms with Gasteiger partial charge in [-0.1, -0.05) is 24.1 Å². The average Bonchev–Trinajstić information content (AvgIpc) is 2.81. The number of aromatic nitrogens is 2. The molecule has 0 fully saturated rings. The minimum atomic E-state index is -0.162. The maximum atomic E-state index is 12.2. The summed E-state index contributed by atoms with van der Waals surface area (Å²) in [6.45, 7) is 2.14. The van der Waals surface area contributed by atoms with Crippen molar-refractivity contribution in [3.63, 3.8) is 0 Å². The molecule has 4 nitrogen and oxygen atoms in total. The van der Waals surface area contributed by atoms with E-state index in [1.165, 1.54) is 4.90 Å². The van der Waals surface area contributed by atoms with E-state index in [4.69, 9.17) is 6.42 Å². The van der Waals surface area contributed by atoms with E-state index in [-0.39, 0.29) is 12.5 Å². The van der Waals surface area contributed by atoms with Crippen LogP contribution in [0.1, 0.15) is 16.1 Å². The molecule has 4 heteroatoms. The van der Waals surface area contributed by atoms with Crippen molar-refractivity contribution in [2.45, 2.75) is 6.92 Å². The molecule has 2 aromatic rings. The first-order valence-corrected chi connectivity index (χ1v) is 5.94. The predicted octanol–water partition coefficient (Wildman–Crippen LogP) is 1.89. The monoisotopic (exact) mass is 253 g/mol. The molecule has 0 saturated carbocycles. The van der Waals surface area contributed by atoms with Crippen molar-refractivity contribution in [1.82, 2.24) is 14.7 Å². The van der Waals surface area contributed by atoms with Gasteiger partial charge in [0.2, 0.25) is 0 Å². The van der Waals surface area contributed by atoms with Gasteiger partial charge in [0.25, 0.3) is 5.91 Å². The van der Waals surface area contributed by atoms with E-state index in [1.54, 1.807) is 11.7 Å². The quantitative estimate of drug-likeness (QED) is 0.783. The molecule has 1 aromatic heterocycles. The van der Waals surface area contributed by atoms with Crippen LogP contribution in [0.3, 0.4) is 0 Å². The van der Waals surface area contributed by atoms with Gasteiger partial charge in [0, 0.05) is 18.8 Å². The minimum absolute atomic E-state index is 0.162. The van der Waals surface area contributed by atoms with Crippen molar-refractivity contribution in [1.29, 1.82) is 0 Å². The molecule has 0 spiro atoms. The number of carbonyl (C=O) groups excluding carboxylic acids is 1. The van der Waals surface area contributed by atoms with Gasteiger partial charge in [-0.15, -0.1) is 6.42 Å². The second-order valence-electron chi connectivity index (χ2n) is 4.31. The Morgan fingerprint density at radius 3 is 2.74 bits per heavy atom. The Labute approximate surface area is 112 Å². The van der Waals surface area contributed by atoms with Crippen molar-refractivity contribution in [3.8, 4) is 18.0 Å². The van der Waals surface area contributed by atoms with Crippen molar-refractivity contribution < 1.29 is 4.79 Å². The number of nitrogens with zero attached hydrogens (tertiary/aromatic N) is 3. The molecule has 0 saturated heterocycles. The first kappa shape index (κ1) is 12.9. The van der Waals surface area contributed by atoms with E-state index < -0.39 is 0 Å². The molecule has 0 aliphatic heterocycles. The van der Waals surface area contributed by atoms with Crippen LogP contribution in [0, 0.1) is 19.3 Å². The fraction of sp³-hybridized carbons (Fsp3) is 0.200. The summed E-state index contributed by atoms with van der Waals surface area (Å²) < 4.78 is 1.70. The zero-order valence-electron chi connectivity index (χ0n) is 11.0. The third-order valence-electron chi connectivity index (χ3n) is 2.80. The molecule has 0 bridgehead atoms. The Balaban J connectivity index is 2.32. The standard InChI is InChI=1S/C15H15N3O/c1-4-10-17(3)15(19)14-12(2)11-18(16-14)13-8-6-5-7-9-13/h1,5-9,11H,10H2,2-3H3. The van der Waals surface area contributed by atoms with Gasteiger partial charge in [-0.2, -0.15) is 5.10 Å². The summed E-state index contributed by atoms with van der Waals surface area (Å²) in [6, 6.07) is 9.67. The summed E-state index contributed by atoms with van der Waals surface area (Å²) in [7, 11) is 1.67. The molecule has 2 rings (SSSR count). The number of aryl methyl sites for hydroxylation is 1. The van der Waals surface area contributed by atoms with Crippen molar-refractivity contribution in [2.75, 3.05) is 13.6 Å². The third-order valence-corrected chi connectivity index (χ3v) is 2.80. The number of rotatable bonds is 3. The largest absolute Gasteiger partial charge is 0.329 e. The molecule has 0 atom stereocenters. The first-order chi connectivity index (χ1) is 9.13. The van der Waals surface area contributed by atoms with Crippen LogP contribution in [-0.4, -0.2) is 34.2 Å². The third kappa shape index (κ3) is 2.66. The van der Waals surface area contributed by atoms with Crippen LogP contribution in [0.5, 0.6) is 0 Å². The van der Waals surface area contributed by atoms with Gasteiger partial charge in [-0.05, 0) is 19.1 Å². The number of terminal acetylenes is 1. The normalized spacial score (nSPS) is 9.95. The molecule has 0 N–H and O–H groups in total. The van der Waals surface area contributed by atoms with Crippen LogP contribution in [0.4, 0.5) is 0 Å². The fourth-order valence-corrected chi connectivity index (χ4v) is 1.77. The van der Waals surface area contributed by atoms with Gasteiger partial charge >= 0.3 is 0 Å². The Morgan fingerprint density at radius 1 is 1.42 bits per heavy atom. The Kier molecular flexibility index (Phi) is 3.67. The van der Waals surface area contributed by atoms with Crippen molar-refractivity contribution in [2.24, 2.45) is 0 Å². The number of amides is 1. The summed E-state index contributed by atoms with van der Waals surface area (Å²) in [5, 5.41) is 4.34. The van der Waals surface area contributed by atoms with Crippen molar-refractivity contribution in [3.05, 3.63) is 47.8 Å². The van der Waals surface area contributed by atoms with Crippen LogP contribution in [-0.2, 0) is 0 Å². The van der Waals surface area contributed by atoms with Crippen LogP contribution in [0.2, 0.25) is 0 Å². The molecule has 1 aromatic carbocycles. The molecule has 0 unspecified atom stereocenters. The van der Waals surface area contributed by atoms with Gasteiger partial charge in [0.05, 0.1) is 12.2 Å². The van der Waals surface area contributed by atoms with Gasteiger partial charge in [0.15, 0.2) is 5.69 Å². The molecule has 19 heavy (non-hydrogen) atoms. The molecule has 0 radical (unpaired) electrons. The molecular weight excluding hydrogens is 238 g/mol. The van der Waals surface area contributed by atoms with E-state index in [2.05, 4.69) is 11.0 Å². The van der Waals surface area contributed by atoms with Crippen LogP contribution in [0.25, 0.3) is 5.69 Å². The summed E-state index contributed by atoms with van der Waals surface area (Å²) in [5.41, 5.74) is 2.18. The lowest BCUT2D eigenvalue weighted by atomic mass is 10.2. The second kappa shape index (κ2) is 5.40. The van der Waals surface area contributed by atoms with Crippen LogP contribution >= 0.6 is 0 Å². The summed E-state index contributed by atoms with van der Waals surface area (Å²) in [6.07, 6.45) is 7.05. The fourth-order valence-electron chi connectivity index (χ4n) is 1.77. The zero-order chi connectivity index (χ0) is 13.8. The maximum absolute atomic E-state index is 12.2. The smallest absolute Gasteiger partial charge is 0.275 e. The van der Waals surface area contributed by atoms with Crippen molar-refractivity contribution >= 4 is 5.91 Å². The summed E-state index contributed by atoms with van der Waals surface area (Å²) in [5.74, 6) is 2.28. The first-order valence-electron chi connectivity index (χ1n) is 5.94. The number of para-hydroxylation sites is 1. The highest BCUT2D eigenvalue weighted by Crippen LogP contribution is 2.12.